The first-order chi connectivity index (χ1) is 33.9. The van der Waals surface area contributed by atoms with E-state index in [1.165, 1.54) is 148 Å². The van der Waals surface area contributed by atoms with Crippen LogP contribution in [-0.4, -0.2) is 69.4 Å². The van der Waals surface area contributed by atoms with Gasteiger partial charge in [0, 0.05) is 12.8 Å². The van der Waals surface area contributed by atoms with Crippen LogP contribution in [0, 0.1) is 0 Å². The van der Waals surface area contributed by atoms with Gasteiger partial charge in [-0.3, -0.25) is 14.2 Å². The molecule has 0 aliphatic heterocycles. The van der Waals surface area contributed by atoms with Crippen LogP contribution in [0.25, 0.3) is 0 Å². The van der Waals surface area contributed by atoms with E-state index in [1.807, 2.05) is 33.3 Å². The third kappa shape index (κ3) is 50.9. The average Bonchev–Trinajstić information content (AvgIpc) is 3.32. The maximum absolute atomic E-state index is 13.5. The molecule has 0 radical (unpaired) electrons. The summed E-state index contributed by atoms with van der Waals surface area (Å²) in [6, 6.07) is -0.894. The molecule has 3 unspecified atom stereocenters. The van der Waals surface area contributed by atoms with Crippen LogP contribution in [-0.2, 0) is 27.9 Å². The van der Waals surface area contributed by atoms with Crippen molar-refractivity contribution in [1.82, 2.24) is 5.32 Å². The highest BCUT2D eigenvalue weighted by molar-refractivity contribution is 7.45. The smallest absolute Gasteiger partial charge is 0.306 e. The second-order valence-corrected chi connectivity index (χ2v) is 22.5. The van der Waals surface area contributed by atoms with Crippen molar-refractivity contribution in [3.8, 4) is 0 Å². The van der Waals surface area contributed by atoms with Crippen molar-refractivity contribution < 1.29 is 37.3 Å². The molecule has 0 spiro atoms. The number of carbonyl (C=O) groups excluding carboxylic acids is 2. The average molecular weight is 1010 g/mol. The Bertz CT molecular complexity index is 1340. The number of amides is 1. The molecule has 1 N–H and O–H groups in total. The fourth-order valence-electron chi connectivity index (χ4n) is 8.48. The number of rotatable bonds is 53. The predicted molar refractivity (Wildman–Crippen MR) is 298 cm³/mol. The van der Waals surface area contributed by atoms with Crippen molar-refractivity contribution in [3.63, 3.8) is 0 Å². The molecule has 0 fully saturated rings. The molecular formula is C60H113N2O7P. The third-order valence-corrected chi connectivity index (χ3v) is 14.0. The van der Waals surface area contributed by atoms with E-state index >= 15 is 0 Å². The molecule has 0 aromatic heterocycles. The zero-order valence-electron chi connectivity index (χ0n) is 46.7. The van der Waals surface area contributed by atoms with Crippen molar-refractivity contribution in [2.75, 3.05) is 40.9 Å². The molecule has 0 saturated carbocycles. The molecule has 0 aromatic rings. The second-order valence-electron chi connectivity index (χ2n) is 21.1. The molecule has 410 valence electrons. The molecule has 3 atom stereocenters. The molecule has 70 heavy (non-hydrogen) atoms. The van der Waals surface area contributed by atoms with E-state index in [9.17, 15) is 19.0 Å². The van der Waals surface area contributed by atoms with E-state index in [0.29, 0.717) is 23.9 Å². The quantitative estimate of drug-likeness (QED) is 0.0212. The lowest BCUT2D eigenvalue weighted by Crippen LogP contribution is -2.47. The minimum Gasteiger partial charge on any atom is -0.756 e. The van der Waals surface area contributed by atoms with Gasteiger partial charge in [-0.2, -0.15) is 0 Å². The summed E-state index contributed by atoms with van der Waals surface area (Å²) >= 11 is 0. The van der Waals surface area contributed by atoms with Crippen LogP contribution in [0.1, 0.15) is 271 Å². The lowest BCUT2D eigenvalue weighted by molar-refractivity contribution is -0.870. The Morgan fingerprint density at radius 1 is 0.514 bits per heavy atom. The number of unbranched alkanes of at least 4 members (excludes halogenated alkanes) is 31. The summed E-state index contributed by atoms with van der Waals surface area (Å²) in [5.41, 5.74) is 0. The molecule has 0 aromatic carbocycles. The van der Waals surface area contributed by atoms with Crippen LogP contribution in [0.15, 0.2) is 48.6 Å². The molecular weight excluding hydrogens is 892 g/mol. The predicted octanol–water partition coefficient (Wildman–Crippen LogP) is 17.1. The second kappa shape index (κ2) is 50.5. The van der Waals surface area contributed by atoms with E-state index in [4.69, 9.17) is 13.8 Å². The SMILES string of the molecule is CC/C=C/C/C=C/C/C=C/CCCCCCC(=O)OC(/C=C/CCCCCCCCCCC)C(COP(=O)([O-])OCC[N+](C)(C)C)NC(=O)CCCCCCCCCCCCCCCCCCCCC. The van der Waals surface area contributed by atoms with Gasteiger partial charge in [-0.25, -0.2) is 0 Å². The summed E-state index contributed by atoms with van der Waals surface area (Å²) in [7, 11) is 1.18. The number of nitrogens with zero attached hydrogens (tertiary/aromatic N) is 1. The minimum absolute atomic E-state index is 0.0252. The highest BCUT2D eigenvalue weighted by Crippen LogP contribution is 2.38. The summed E-state index contributed by atoms with van der Waals surface area (Å²) < 4.78 is 30.2. The van der Waals surface area contributed by atoms with Gasteiger partial charge in [-0.1, -0.05) is 243 Å². The number of phosphoric acid groups is 1. The summed E-state index contributed by atoms with van der Waals surface area (Å²) in [5.74, 6) is -0.560. The molecule has 0 bridgehead atoms. The first-order valence-electron chi connectivity index (χ1n) is 29.4. The molecule has 9 nitrogen and oxygen atoms in total. The third-order valence-electron chi connectivity index (χ3n) is 13.0. The molecule has 10 heteroatoms. The lowest BCUT2D eigenvalue weighted by atomic mass is 10.0. The highest BCUT2D eigenvalue weighted by atomic mass is 31.2. The van der Waals surface area contributed by atoms with Crippen molar-refractivity contribution in [2.24, 2.45) is 0 Å². The Labute approximate surface area is 433 Å². The standard InChI is InChI=1S/C60H113N2O7P/c1-7-10-13-16-19-22-25-27-29-30-31-32-33-34-37-40-43-46-49-52-59(63)61-57(56-68-70(65,66)67-55-54-62(4,5)6)58(51-48-45-42-39-36-24-21-18-15-12-9-3)69-60(64)53-50-47-44-41-38-35-28-26-23-20-17-14-11-8-2/h11,14,20,23,28,35,48,51,57-58H,7-10,12-13,15-19,21-22,24-27,29-34,36-47,49-50,52-56H2,1-6H3,(H-,61,63,65,66)/b14-11+,23-20+,35-28+,51-48+. The fraction of sp³-hybridized carbons (Fsp3) is 0.833. The number of esters is 1. The van der Waals surface area contributed by atoms with Gasteiger partial charge in [0.25, 0.3) is 7.82 Å². The zero-order valence-corrected chi connectivity index (χ0v) is 47.6. The number of carbonyl (C=O) groups is 2. The highest BCUT2D eigenvalue weighted by Gasteiger charge is 2.27. The summed E-state index contributed by atoms with van der Waals surface area (Å²) in [4.78, 5) is 39.8. The summed E-state index contributed by atoms with van der Waals surface area (Å²) in [6.45, 7) is 6.73. The number of nitrogens with one attached hydrogen (secondary N) is 1. The summed E-state index contributed by atoms with van der Waals surface area (Å²) in [5, 5.41) is 3.02. The van der Waals surface area contributed by atoms with E-state index in [2.05, 4.69) is 62.5 Å². The Hall–Kier alpha value is -2.03. The maximum Gasteiger partial charge on any atom is 0.306 e. The number of hydrogen-bond acceptors (Lipinski definition) is 7. The van der Waals surface area contributed by atoms with Crippen LogP contribution in [0.4, 0.5) is 0 Å². The van der Waals surface area contributed by atoms with Crippen molar-refractivity contribution in [2.45, 2.75) is 283 Å². The minimum atomic E-state index is -4.70. The number of likely N-dealkylation sites (N-methyl/N-ethyl adjacent to an activating group) is 1. The summed E-state index contributed by atoms with van der Waals surface area (Å²) in [6.07, 6.45) is 60.8. The van der Waals surface area contributed by atoms with E-state index in [-0.39, 0.29) is 24.9 Å². The van der Waals surface area contributed by atoms with Gasteiger partial charge in [0.1, 0.15) is 19.3 Å². The Balaban J connectivity index is 5.25. The van der Waals surface area contributed by atoms with E-state index in [0.717, 1.165) is 83.5 Å². The molecule has 0 aliphatic carbocycles. The molecule has 0 aliphatic rings. The van der Waals surface area contributed by atoms with Gasteiger partial charge < -0.3 is 28.5 Å². The first kappa shape index (κ1) is 68.0. The number of allylic oxidation sites excluding steroid dienone is 7. The van der Waals surface area contributed by atoms with Crippen LogP contribution >= 0.6 is 7.82 Å². The van der Waals surface area contributed by atoms with Crippen LogP contribution in [0.2, 0.25) is 0 Å². The van der Waals surface area contributed by atoms with E-state index < -0.39 is 26.6 Å². The fourth-order valence-corrected chi connectivity index (χ4v) is 9.20. The number of ether oxygens (including phenoxy) is 1. The van der Waals surface area contributed by atoms with Crippen LogP contribution < -0.4 is 10.2 Å². The van der Waals surface area contributed by atoms with Gasteiger partial charge in [0.05, 0.1) is 33.8 Å². The van der Waals surface area contributed by atoms with Gasteiger partial charge >= 0.3 is 5.97 Å². The Morgan fingerprint density at radius 3 is 1.37 bits per heavy atom. The van der Waals surface area contributed by atoms with E-state index in [1.54, 1.807) is 0 Å². The molecule has 0 rings (SSSR count). The lowest BCUT2D eigenvalue weighted by Gasteiger charge is -2.30. The Morgan fingerprint density at radius 2 is 0.914 bits per heavy atom. The molecule has 0 saturated heterocycles. The van der Waals surface area contributed by atoms with Crippen LogP contribution in [0.5, 0.6) is 0 Å². The largest absolute Gasteiger partial charge is 0.756 e. The number of hydrogen-bond donors (Lipinski definition) is 1. The monoisotopic (exact) mass is 1000 g/mol. The zero-order chi connectivity index (χ0) is 51.5. The van der Waals surface area contributed by atoms with Crippen LogP contribution in [0.3, 0.4) is 0 Å². The topological polar surface area (TPSA) is 114 Å². The Kier molecular flexibility index (Phi) is 49.0. The number of phosphoric ester groups is 1. The molecule has 1 amide bonds. The molecule has 0 heterocycles. The maximum atomic E-state index is 13.5. The van der Waals surface area contributed by atoms with Gasteiger partial charge in [0.2, 0.25) is 5.91 Å². The first-order valence-corrected chi connectivity index (χ1v) is 30.9. The number of quaternary nitrogens is 1. The van der Waals surface area contributed by atoms with Gasteiger partial charge in [0.15, 0.2) is 0 Å². The van der Waals surface area contributed by atoms with Gasteiger partial charge in [-0.05, 0) is 63.9 Å². The van der Waals surface area contributed by atoms with Crippen molar-refractivity contribution in [3.05, 3.63) is 48.6 Å². The van der Waals surface area contributed by atoms with Crippen molar-refractivity contribution in [1.29, 1.82) is 0 Å². The van der Waals surface area contributed by atoms with Crippen molar-refractivity contribution >= 4 is 19.7 Å². The van der Waals surface area contributed by atoms with Gasteiger partial charge in [-0.15, -0.1) is 0 Å². The normalized spacial score (nSPS) is 14.1.